The Morgan fingerprint density at radius 1 is 1.23 bits per heavy atom. The lowest BCUT2D eigenvalue weighted by Gasteiger charge is -2.22. The van der Waals surface area contributed by atoms with E-state index in [1.807, 2.05) is 0 Å². The normalized spacial score (nSPS) is 20.0. The van der Waals surface area contributed by atoms with Crippen molar-refractivity contribution in [2.75, 3.05) is 19.6 Å². The van der Waals surface area contributed by atoms with Crippen LogP contribution in [-0.2, 0) is 16.4 Å². The van der Waals surface area contributed by atoms with Gasteiger partial charge in [0.25, 0.3) is 0 Å². The summed E-state index contributed by atoms with van der Waals surface area (Å²) in [4.78, 5) is -0.0119. The van der Waals surface area contributed by atoms with Gasteiger partial charge in [-0.3, -0.25) is 0 Å². The monoisotopic (exact) mass is 336 g/mol. The second kappa shape index (κ2) is 6.97. The van der Waals surface area contributed by atoms with Crippen molar-refractivity contribution in [3.05, 3.63) is 29.8 Å². The molecule has 124 valence electrons. The van der Waals surface area contributed by atoms with Gasteiger partial charge in [0.05, 0.1) is 11.3 Å². The fourth-order valence-electron chi connectivity index (χ4n) is 2.43. The molecule has 0 spiro atoms. The maximum absolute atomic E-state index is 12.3. The highest BCUT2D eigenvalue weighted by atomic mass is 32.2. The molecule has 0 aromatic heterocycles. The molecule has 0 saturated carbocycles. The summed E-state index contributed by atoms with van der Waals surface area (Å²) in [5, 5.41) is 3.20. The summed E-state index contributed by atoms with van der Waals surface area (Å²) in [6.45, 7) is 2.05. The van der Waals surface area contributed by atoms with Crippen molar-refractivity contribution in [1.82, 2.24) is 10.0 Å². The number of rotatable bonds is 5. The molecule has 2 N–H and O–H groups in total. The van der Waals surface area contributed by atoms with Crippen LogP contribution in [0.3, 0.4) is 0 Å². The Kier molecular flexibility index (Phi) is 5.46. The number of benzene rings is 1. The van der Waals surface area contributed by atoms with Gasteiger partial charge < -0.3 is 5.32 Å². The Balaban J connectivity index is 1.96. The molecule has 1 aliphatic rings. The summed E-state index contributed by atoms with van der Waals surface area (Å²) in [5.74, 6) is 0.244. The van der Waals surface area contributed by atoms with Gasteiger partial charge in [0.1, 0.15) is 0 Å². The van der Waals surface area contributed by atoms with E-state index in [4.69, 9.17) is 0 Å². The fourth-order valence-corrected chi connectivity index (χ4v) is 3.54. The van der Waals surface area contributed by atoms with E-state index in [-0.39, 0.29) is 16.4 Å². The Labute approximate surface area is 128 Å². The molecule has 1 aromatic carbocycles. The van der Waals surface area contributed by atoms with E-state index >= 15 is 0 Å². The minimum absolute atomic E-state index is 0.0119. The first kappa shape index (κ1) is 17.2. The van der Waals surface area contributed by atoms with Crippen LogP contribution < -0.4 is 10.0 Å². The zero-order valence-corrected chi connectivity index (χ0v) is 12.8. The number of hydrogen-bond acceptors (Lipinski definition) is 3. The third-order valence-electron chi connectivity index (χ3n) is 3.60. The van der Waals surface area contributed by atoms with Gasteiger partial charge in [0.15, 0.2) is 0 Å². The van der Waals surface area contributed by atoms with Crippen LogP contribution in [0, 0.1) is 5.92 Å². The van der Waals surface area contributed by atoms with Crippen molar-refractivity contribution in [2.45, 2.75) is 30.3 Å². The molecule has 4 nitrogen and oxygen atoms in total. The van der Waals surface area contributed by atoms with Crippen LogP contribution in [-0.4, -0.2) is 34.2 Å². The average molecular weight is 336 g/mol. The van der Waals surface area contributed by atoms with E-state index in [1.54, 1.807) is 0 Å². The van der Waals surface area contributed by atoms with Gasteiger partial charge in [0, 0.05) is 6.54 Å². The molecule has 1 saturated heterocycles. The van der Waals surface area contributed by atoms with Gasteiger partial charge in [-0.05, 0) is 49.5 Å². The smallest absolute Gasteiger partial charge is 0.316 e. The highest BCUT2D eigenvalue weighted by Crippen LogP contribution is 2.22. The molecule has 1 heterocycles. The first-order valence-electron chi connectivity index (χ1n) is 7.12. The molecule has 0 aliphatic carbocycles. The lowest BCUT2D eigenvalue weighted by molar-refractivity contribution is -0.127. The average Bonchev–Trinajstić information content (AvgIpc) is 2.45. The number of piperidine rings is 1. The zero-order valence-electron chi connectivity index (χ0n) is 12.0. The Hall–Kier alpha value is -1.12. The summed E-state index contributed by atoms with van der Waals surface area (Å²) in [5.41, 5.74) is 0.0444. The fraction of sp³-hybridized carbons (Fsp3) is 0.571. The molecule has 0 amide bonds. The number of sulfonamides is 1. The topological polar surface area (TPSA) is 58.2 Å². The van der Waals surface area contributed by atoms with Crippen LogP contribution in [0.25, 0.3) is 0 Å². The Bertz CT molecular complexity index is 579. The van der Waals surface area contributed by atoms with Crippen LogP contribution in [0.1, 0.15) is 18.4 Å². The molecule has 1 aromatic rings. The van der Waals surface area contributed by atoms with E-state index in [0.717, 1.165) is 25.9 Å². The SMILES string of the molecule is O=S(=O)(NCC1CCCNC1)c1ccc(CC(F)(F)F)cc1. The molecular formula is C14H19F3N2O2S. The van der Waals surface area contributed by atoms with E-state index in [0.29, 0.717) is 6.54 Å². The summed E-state index contributed by atoms with van der Waals surface area (Å²) < 4.78 is 63.6. The number of hydrogen-bond donors (Lipinski definition) is 2. The Morgan fingerprint density at radius 2 is 1.91 bits per heavy atom. The molecule has 2 rings (SSSR count). The third kappa shape index (κ3) is 5.26. The van der Waals surface area contributed by atoms with E-state index in [9.17, 15) is 21.6 Å². The number of nitrogens with one attached hydrogen (secondary N) is 2. The highest BCUT2D eigenvalue weighted by Gasteiger charge is 2.27. The van der Waals surface area contributed by atoms with Crippen molar-refractivity contribution in [1.29, 1.82) is 0 Å². The van der Waals surface area contributed by atoms with Crippen molar-refractivity contribution in [3.8, 4) is 0 Å². The van der Waals surface area contributed by atoms with Gasteiger partial charge in [-0.25, -0.2) is 13.1 Å². The predicted molar refractivity (Wildman–Crippen MR) is 77.0 cm³/mol. The maximum Gasteiger partial charge on any atom is 0.393 e. The predicted octanol–water partition coefficient (Wildman–Crippen LogP) is 2.07. The molecule has 1 atom stereocenters. The summed E-state index contributed by atoms with van der Waals surface area (Å²) in [7, 11) is -3.68. The second-order valence-corrected chi connectivity index (χ2v) is 7.27. The van der Waals surface area contributed by atoms with E-state index < -0.39 is 22.6 Å². The first-order chi connectivity index (χ1) is 10.3. The molecule has 1 unspecified atom stereocenters. The largest absolute Gasteiger partial charge is 0.393 e. The third-order valence-corrected chi connectivity index (χ3v) is 5.04. The molecular weight excluding hydrogens is 317 g/mol. The lowest BCUT2D eigenvalue weighted by atomic mass is 10.0. The molecule has 8 heteroatoms. The quantitative estimate of drug-likeness (QED) is 0.865. The summed E-state index contributed by atoms with van der Waals surface area (Å²) >= 11 is 0. The Morgan fingerprint density at radius 3 is 2.45 bits per heavy atom. The molecule has 1 aliphatic heterocycles. The van der Waals surface area contributed by atoms with Crippen molar-refractivity contribution >= 4 is 10.0 Å². The molecule has 0 radical (unpaired) electrons. The highest BCUT2D eigenvalue weighted by molar-refractivity contribution is 7.89. The van der Waals surface area contributed by atoms with E-state index in [1.165, 1.54) is 24.3 Å². The van der Waals surface area contributed by atoms with Crippen molar-refractivity contribution < 1.29 is 21.6 Å². The van der Waals surface area contributed by atoms with Crippen molar-refractivity contribution in [2.24, 2.45) is 5.92 Å². The molecule has 0 bridgehead atoms. The van der Waals surface area contributed by atoms with Gasteiger partial charge in [0.2, 0.25) is 10.0 Å². The van der Waals surface area contributed by atoms with Gasteiger partial charge in [-0.15, -0.1) is 0 Å². The van der Waals surface area contributed by atoms with Crippen LogP contribution >= 0.6 is 0 Å². The van der Waals surface area contributed by atoms with Gasteiger partial charge in [-0.2, -0.15) is 13.2 Å². The van der Waals surface area contributed by atoms with E-state index in [2.05, 4.69) is 10.0 Å². The number of alkyl halides is 3. The minimum Gasteiger partial charge on any atom is -0.316 e. The van der Waals surface area contributed by atoms with Gasteiger partial charge in [-0.1, -0.05) is 12.1 Å². The number of halogens is 3. The van der Waals surface area contributed by atoms with Crippen LogP contribution in [0.4, 0.5) is 13.2 Å². The second-order valence-electron chi connectivity index (χ2n) is 5.50. The lowest BCUT2D eigenvalue weighted by Crippen LogP contribution is -2.38. The van der Waals surface area contributed by atoms with Crippen molar-refractivity contribution in [3.63, 3.8) is 0 Å². The maximum atomic E-state index is 12.3. The first-order valence-corrected chi connectivity index (χ1v) is 8.61. The molecule has 1 fully saturated rings. The standard InChI is InChI=1S/C14H19F3N2O2S/c15-14(16,17)8-11-3-5-13(6-4-11)22(20,21)19-10-12-2-1-7-18-9-12/h3-6,12,18-19H,1-2,7-10H2. The molecule has 22 heavy (non-hydrogen) atoms. The van der Waals surface area contributed by atoms with Crippen LogP contribution in [0.15, 0.2) is 29.2 Å². The van der Waals surface area contributed by atoms with Crippen LogP contribution in [0.5, 0.6) is 0 Å². The minimum atomic E-state index is -4.30. The zero-order chi connectivity index (χ0) is 16.2. The van der Waals surface area contributed by atoms with Crippen LogP contribution in [0.2, 0.25) is 0 Å². The summed E-state index contributed by atoms with van der Waals surface area (Å²) in [6, 6.07) is 4.82. The summed E-state index contributed by atoms with van der Waals surface area (Å²) in [6.07, 6.45) is -3.39. The van der Waals surface area contributed by atoms with Gasteiger partial charge >= 0.3 is 6.18 Å².